The number of aromatic nitrogens is 1. The molecule has 12 heteroatoms. The van der Waals surface area contributed by atoms with E-state index in [-0.39, 0.29) is 44.3 Å². The maximum absolute atomic E-state index is 14.1. The summed E-state index contributed by atoms with van der Waals surface area (Å²) in [4.78, 5) is 43.8. The lowest BCUT2D eigenvalue weighted by molar-refractivity contribution is -0.136. The maximum Gasteiger partial charge on any atom is 0.255 e. The number of fused-ring (bicyclic) bond motifs is 1. The predicted octanol–water partition coefficient (Wildman–Crippen LogP) is 1.72. The third-order valence-electron chi connectivity index (χ3n) is 6.66. The number of carbonyl (C=O) groups is 3. The van der Waals surface area contributed by atoms with Crippen molar-refractivity contribution in [1.29, 1.82) is 0 Å². The lowest BCUT2D eigenvalue weighted by Gasteiger charge is -2.36. The normalized spacial score (nSPS) is 20.9. The second-order valence-electron chi connectivity index (χ2n) is 8.82. The molecule has 0 aliphatic carbocycles. The molecule has 2 fully saturated rings. The maximum atomic E-state index is 14.1. The Hall–Kier alpha value is -3.54. The van der Waals surface area contributed by atoms with Gasteiger partial charge >= 0.3 is 0 Å². The van der Waals surface area contributed by atoms with Gasteiger partial charge in [0.2, 0.25) is 23.4 Å². The van der Waals surface area contributed by atoms with Gasteiger partial charge in [-0.3, -0.25) is 24.6 Å². The monoisotopic (exact) mass is 491 g/mol. The average molecular weight is 491 g/mol. The molecule has 1 unspecified atom stereocenters. The number of piperidine rings is 1. The van der Waals surface area contributed by atoms with Crippen molar-refractivity contribution < 1.29 is 31.9 Å². The van der Waals surface area contributed by atoms with Crippen molar-refractivity contribution >= 4 is 23.4 Å². The molecule has 0 bridgehead atoms. The Bertz CT molecular complexity index is 1210. The number of benzene rings is 1. The van der Waals surface area contributed by atoms with Gasteiger partial charge in [-0.15, -0.1) is 0 Å². The number of halogens is 4. The molecular weight excluding hydrogens is 470 g/mol. The Morgan fingerprint density at radius 2 is 1.66 bits per heavy atom. The summed E-state index contributed by atoms with van der Waals surface area (Å²) in [6.07, 6.45) is 0.467. The van der Waals surface area contributed by atoms with Crippen LogP contribution in [0.2, 0.25) is 0 Å². The van der Waals surface area contributed by atoms with E-state index in [1.807, 2.05) is 17.0 Å². The van der Waals surface area contributed by atoms with Gasteiger partial charge in [0.25, 0.3) is 17.8 Å². The van der Waals surface area contributed by atoms with E-state index in [2.05, 4.69) is 10.3 Å². The third kappa shape index (κ3) is 4.22. The minimum absolute atomic E-state index is 0.156. The molecule has 4 heterocycles. The summed E-state index contributed by atoms with van der Waals surface area (Å²) in [5.41, 5.74) is 1.45. The zero-order chi connectivity index (χ0) is 24.9. The number of rotatable bonds is 4. The highest BCUT2D eigenvalue weighted by Gasteiger charge is 2.39. The number of imide groups is 1. The van der Waals surface area contributed by atoms with E-state index in [4.69, 9.17) is 0 Å². The van der Waals surface area contributed by atoms with Crippen LogP contribution < -0.4 is 10.2 Å². The standard InChI is InChI=1S/C23H21F4N5O3/c24-17-19(18(25)21(27)29-20(17)26)31-7-5-30(6-8-31)10-12-1-2-14-13(9-12)11-32(23(14)35)15-3-4-16(33)28-22(15)34/h1-2,9,15H,3-8,10-11H2,(H,28,33,34). The van der Waals surface area contributed by atoms with Gasteiger partial charge in [-0.2, -0.15) is 22.5 Å². The van der Waals surface area contributed by atoms with Crippen LogP contribution in [-0.4, -0.2) is 64.7 Å². The second-order valence-corrected chi connectivity index (χ2v) is 8.82. The number of carbonyl (C=O) groups excluding carboxylic acids is 3. The second kappa shape index (κ2) is 8.91. The summed E-state index contributed by atoms with van der Waals surface area (Å²) < 4.78 is 55.1. The zero-order valence-corrected chi connectivity index (χ0v) is 18.5. The molecule has 5 rings (SSSR count). The first-order valence-corrected chi connectivity index (χ1v) is 11.2. The van der Waals surface area contributed by atoms with Crippen molar-refractivity contribution in [3.8, 4) is 0 Å². The molecule has 8 nitrogen and oxygen atoms in total. The number of nitrogens with zero attached hydrogens (tertiary/aromatic N) is 4. The molecule has 3 aliphatic heterocycles. The van der Waals surface area contributed by atoms with Crippen LogP contribution in [-0.2, 0) is 22.7 Å². The van der Waals surface area contributed by atoms with E-state index in [1.54, 1.807) is 6.07 Å². The molecule has 184 valence electrons. The zero-order valence-electron chi connectivity index (χ0n) is 18.5. The fraction of sp³-hybridized carbons (Fsp3) is 0.391. The number of amides is 3. The van der Waals surface area contributed by atoms with Crippen molar-refractivity contribution in [1.82, 2.24) is 20.1 Å². The van der Waals surface area contributed by atoms with E-state index in [1.165, 1.54) is 9.80 Å². The summed E-state index contributed by atoms with van der Waals surface area (Å²) in [6, 6.07) is 4.72. The minimum atomic E-state index is -1.68. The number of hydrogen-bond acceptors (Lipinski definition) is 6. The van der Waals surface area contributed by atoms with Gasteiger partial charge in [-0.1, -0.05) is 12.1 Å². The summed E-state index contributed by atoms with van der Waals surface area (Å²) in [7, 11) is 0. The first-order chi connectivity index (χ1) is 16.7. The summed E-state index contributed by atoms with van der Waals surface area (Å²) >= 11 is 0. The van der Waals surface area contributed by atoms with Crippen molar-refractivity contribution in [2.45, 2.75) is 32.0 Å². The SMILES string of the molecule is O=C1CCC(N2Cc3cc(CN4CCN(c5c(F)c(F)nc(F)c5F)CC4)ccc3C2=O)C(=O)N1. The largest absolute Gasteiger partial charge is 0.364 e. The number of anilines is 1. The molecule has 3 amide bonds. The van der Waals surface area contributed by atoms with Gasteiger partial charge in [-0.25, -0.2) is 0 Å². The topological polar surface area (TPSA) is 85.9 Å². The lowest BCUT2D eigenvalue weighted by atomic mass is 10.0. The Balaban J connectivity index is 1.24. The van der Waals surface area contributed by atoms with Crippen molar-refractivity contribution in [2.24, 2.45) is 0 Å². The smallest absolute Gasteiger partial charge is 0.255 e. The molecule has 1 atom stereocenters. The van der Waals surface area contributed by atoms with Crippen LogP contribution in [0, 0.1) is 23.5 Å². The van der Waals surface area contributed by atoms with Crippen LogP contribution in [0.5, 0.6) is 0 Å². The van der Waals surface area contributed by atoms with Gasteiger partial charge in [0.15, 0.2) is 0 Å². The number of pyridine rings is 1. The molecule has 35 heavy (non-hydrogen) atoms. The Kier molecular flexibility index (Phi) is 5.91. The summed E-state index contributed by atoms with van der Waals surface area (Å²) in [5.74, 6) is -7.46. The Morgan fingerprint density at radius 1 is 0.971 bits per heavy atom. The number of piperazine rings is 1. The molecule has 2 aromatic rings. The van der Waals surface area contributed by atoms with E-state index in [0.29, 0.717) is 25.2 Å². The van der Waals surface area contributed by atoms with Gasteiger partial charge in [0.1, 0.15) is 11.7 Å². The summed E-state index contributed by atoms with van der Waals surface area (Å²) in [5, 5.41) is 2.27. The number of hydrogen-bond donors (Lipinski definition) is 1. The quantitative estimate of drug-likeness (QED) is 0.398. The molecule has 3 aliphatic rings. The Morgan fingerprint density at radius 3 is 2.31 bits per heavy atom. The van der Waals surface area contributed by atoms with Gasteiger partial charge in [0.05, 0.1) is 0 Å². The van der Waals surface area contributed by atoms with E-state index >= 15 is 0 Å². The van der Waals surface area contributed by atoms with Gasteiger partial charge in [-0.05, 0) is 23.6 Å². The molecule has 2 saturated heterocycles. The highest BCUT2D eigenvalue weighted by atomic mass is 19.2. The fourth-order valence-electron chi connectivity index (χ4n) is 4.87. The summed E-state index contributed by atoms with van der Waals surface area (Å²) in [6.45, 7) is 1.86. The average Bonchev–Trinajstić information content (AvgIpc) is 3.14. The molecular formula is C23H21F4N5O3. The fourth-order valence-corrected chi connectivity index (χ4v) is 4.87. The molecule has 0 radical (unpaired) electrons. The van der Waals surface area contributed by atoms with E-state index in [0.717, 1.165) is 11.1 Å². The van der Waals surface area contributed by atoms with Crippen LogP contribution in [0.4, 0.5) is 23.2 Å². The van der Waals surface area contributed by atoms with Crippen molar-refractivity contribution in [3.63, 3.8) is 0 Å². The highest BCUT2D eigenvalue weighted by molar-refractivity contribution is 6.05. The third-order valence-corrected chi connectivity index (χ3v) is 6.66. The lowest BCUT2D eigenvalue weighted by Crippen LogP contribution is -2.52. The molecule has 1 aromatic carbocycles. The molecule has 1 aromatic heterocycles. The van der Waals surface area contributed by atoms with Crippen LogP contribution in [0.15, 0.2) is 18.2 Å². The molecule has 0 saturated carbocycles. The Labute approximate surface area is 197 Å². The van der Waals surface area contributed by atoms with Crippen LogP contribution in [0.1, 0.15) is 34.3 Å². The van der Waals surface area contributed by atoms with Crippen LogP contribution in [0.25, 0.3) is 0 Å². The van der Waals surface area contributed by atoms with Gasteiger partial charge in [0, 0.05) is 51.3 Å². The van der Waals surface area contributed by atoms with E-state index < -0.39 is 41.2 Å². The van der Waals surface area contributed by atoms with Gasteiger partial charge < -0.3 is 9.80 Å². The highest BCUT2D eigenvalue weighted by Crippen LogP contribution is 2.30. The predicted molar refractivity (Wildman–Crippen MR) is 114 cm³/mol. The van der Waals surface area contributed by atoms with Crippen LogP contribution >= 0.6 is 0 Å². The van der Waals surface area contributed by atoms with Crippen LogP contribution in [0.3, 0.4) is 0 Å². The first-order valence-electron chi connectivity index (χ1n) is 11.2. The minimum Gasteiger partial charge on any atom is -0.364 e. The molecule has 1 N–H and O–H groups in total. The number of nitrogens with one attached hydrogen (secondary N) is 1. The molecule has 0 spiro atoms. The van der Waals surface area contributed by atoms with E-state index in [9.17, 15) is 31.9 Å². The van der Waals surface area contributed by atoms with Crippen molar-refractivity contribution in [3.05, 3.63) is 58.4 Å². The first kappa shape index (κ1) is 23.2. The van der Waals surface area contributed by atoms with Crippen molar-refractivity contribution in [2.75, 3.05) is 31.1 Å².